The van der Waals surface area contributed by atoms with E-state index in [4.69, 9.17) is 0 Å². The van der Waals surface area contributed by atoms with Crippen molar-refractivity contribution in [3.8, 4) is 0 Å². The average molecular weight is 439 g/mol. The molecule has 0 aliphatic carbocycles. The second-order valence-corrected chi connectivity index (χ2v) is 8.43. The van der Waals surface area contributed by atoms with Gasteiger partial charge in [0.2, 0.25) is 11.7 Å². The number of carbonyl (C=O) groups excluding carboxylic acids is 1. The Morgan fingerprint density at radius 2 is 2.00 bits per heavy atom. The third-order valence-electron chi connectivity index (χ3n) is 5.99. The molecule has 3 heterocycles. The molecule has 0 bridgehead atoms. The smallest absolute Gasteiger partial charge is 0.325 e. The van der Waals surface area contributed by atoms with Gasteiger partial charge in [0.15, 0.2) is 6.17 Å². The van der Waals surface area contributed by atoms with Crippen molar-refractivity contribution in [3.05, 3.63) is 47.3 Å². The van der Waals surface area contributed by atoms with Gasteiger partial charge in [-0.15, -0.1) is 0 Å². The molecule has 1 atom stereocenters. The van der Waals surface area contributed by atoms with Crippen LogP contribution in [0.4, 0.5) is 18.9 Å². The maximum atomic E-state index is 13.9. The summed E-state index contributed by atoms with van der Waals surface area (Å²) in [6.45, 7) is 2.52. The first-order chi connectivity index (χ1) is 14.4. The summed E-state index contributed by atoms with van der Waals surface area (Å²) < 4.78 is 51.8. The number of carbonyl (C=O) groups is 1. The SMILES string of the molecule is O=[S+]CCn1cc(CN2CCC3(CC2)C(=O)Nc2ccc(C(F)C(F)F)cc23)cn1. The maximum absolute atomic E-state index is 13.9. The zero-order chi connectivity index (χ0) is 21.3. The first-order valence-electron chi connectivity index (χ1n) is 9.79. The number of aryl methyl sites for hydroxylation is 1. The van der Waals surface area contributed by atoms with Gasteiger partial charge in [0.25, 0.3) is 6.43 Å². The predicted octanol–water partition coefficient (Wildman–Crippen LogP) is 3.07. The standard InChI is InChI=1S/C20H21F3N4O2S/c21-17(18(22)23)14-1-2-16-15(9-14)20(19(28)25-16)3-5-26(6-4-20)11-13-10-24-27(12-13)7-8-30-29/h1-2,9-10,12,17-18H,3-8,11H2/p+1. The molecular weight excluding hydrogens is 417 g/mol. The number of alkyl halides is 3. The summed E-state index contributed by atoms with van der Waals surface area (Å²) in [6.07, 6.45) is -0.714. The lowest BCUT2D eigenvalue weighted by molar-refractivity contribution is -0.122. The van der Waals surface area contributed by atoms with Crippen molar-refractivity contribution in [1.29, 1.82) is 0 Å². The van der Waals surface area contributed by atoms with E-state index in [0.717, 1.165) is 5.56 Å². The molecule has 1 saturated heterocycles. The Balaban J connectivity index is 1.46. The number of nitrogens with zero attached hydrogens (tertiary/aromatic N) is 3. The Morgan fingerprint density at radius 1 is 1.23 bits per heavy atom. The summed E-state index contributed by atoms with van der Waals surface area (Å²) >= 11 is 0.527. The molecule has 0 saturated carbocycles. The topological polar surface area (TPSA) is 67.2 Å². The molecule has 1 aromatic heterocycles. The summed E-state index contributed by atoms with van der Waals surface area (Å²) in [5.41, 5.74) is 1.33. The second kappa shape index (κ2) is 8.43. The van der Waals surface area contributed by atoms with Crippen LogP contribution in [0.15, 0.2) is 30.6 Å². The first kappa shape index (κ1) is 20.9. The highest BCUT2D eigenvalue weighted by atomic mass is 32.1. The highest BCUT2D eigenvalue weighted by Crippen LogP contribution is 2.46. The number of amides is 1. The highest BCUT2D eigenvalue weighted by Gasteiger charge is 2.48. The normalized spacial score (nSPS) is 19.1. The van der Waals surface area contributed by atoms with Crippen molar-refractivity contribution in [2.24, 2.45) is 0 Å². The predicted molar refractivity (Wildman–Crippen MR) is 106 cm³/mol. The number of rotatable bonds is 7. The molecule has 2 aliphatic heterocycles. The van der Waals surface area contributed by atoms with E-state index in [1.54, 1.807) is 10.9 Å². The van der Waals surface area contributed by atoms with Crippen LogP contribution < -0.4 is 5.32 Å². The molecule has 6 nitrogen and oxygen atoms in total. The van der Waals surface area contributed by atoms with E-state index in [0.29, 0.717) is 67.7 Å². The number of anilines is 1. The molecule has 1 unspecified atom stereocenters. The van der Waals surface area contributed by atoms with E-state index in [1.807, 2.05) is 6.20 Å². The lowest BCUT2D eigenvalue weighted by Crippen LogP contribution is -2.46. The van der Waals surface area contributed by atoms with Crippen LogP contribution in [0.5, 0.6) is 0 Å². The fraction of sp³-hybridized carbons (Fsp3) is 0.500. The monoisotopic (exact) mass is 439 g/mol. The van der Waals surface area contributed by atoms with Crippen LogP contribution in [0.2, 0.25) is 0 Å². The maximum Gasteiger partial charge on any atom is 0.460 e. The molecule has 1 amide bonds. The van der Waals surface area contributed by atoms with Crippen molar-refractivity contribution in [2.75, 3.05) is 24.2 Å². The minimum atomic E-state index is -3.10. The Labute approximate surface area is 175 Å². The number of likely N-dealkylation sites (tertiary alicyclic amines) is 1. The zero-order valence-electron chi connectivity index (χ0n) is 16.2. The van der Waals surface area contributed by atoms with Gasteiger partial charge in [-0.05, 0) is 49.2 Å². The molecular formula is C20H22F3N4O2S+. The molecule has 1 aromatic carbocycles. The third kappa shape index (κ3) is 3.85. The van der Waals surface area contributed by atoms with Gasteiger partial charge in [-0.2, -0.15) is 5.10 Å². The third-order valence-corrected chi connectivity index (χ3v) is 6.34. The van der Waals surface area contributed by atoms with Gasteiger partial charge in [0.1, 0.15) is 0 Å². The number of hydrogen-bond acceptors (Lipinski definition) is 4. The zero-order valence-corrected chi connectivity index (χ0v) is 17.0. The van der Waals surface area contributed by atoms with Crippen molar-refractivity contribution < 1.29 is 22.2 Å². The average Bonchev–Trinajstić information content (AvgIpc) is 3.29. The molecule has 1 spiro atoms. The van der Waals surface area contributed by atoms with E-state index < -0.39 is 18.0 Å². The lowest BCUT2D eigenvalue weighted by Gasteiger charge is -2.38. The van der Waals surface area contributed by atoms with E-state index in [9.17, 15) is 22.2 Å². The number of hydrogen-bond donors (Lipinski definition) is 1. The number of benzene rings is 1. The van der Waals surface area contributed by atoms with Gasteiger partial charge in [0.05, 0.1) is 18.2 Å². The Morgan fingerprint density at radius 3 is 2.70 bits per heavy atom. The summed E-state index contributed by atoms with van der Waals surface area (Å²) in [7, 11) is 0. The first-order valence-corrected chi connectivity index (χ1v) is 10.7. The minimum Gasteiger partial charge on any atom is -0.325 e. The van der Waals surface area contributed by atoms with Gasteiger partial charge in [-0.25, -0.2) is 13.2 Å². The number of fused-ring (bicyclic) bond motifs is 2. The summed E-state index contributed by atoms with van der Waals surface area (Å²) in [5, 5.41) is 7.08. The second-order valence-electron chi connectivity index (χ2n) is 7.79. The number of halogens is 3. The largest absolute Gasteiger partial charge is 0.460 e. The molecule has 2 aromatic rings. The molecule has 4 rings (SSSR count). The molecule has 0 radical (unpaired) electrons. The summed E-state index contributed by atoms with van der Waals surface area (Å²) in [5.74, 6) is 0.305. The van der Waals surface area contributed by atoms with Crippen LogP contribution in [0.1, 0.15) is 35.7 Å². The van der Waals surface area contributed by atoms with Crippen LogP contribution in [0, 0.1) is 0 Å². The van der Waals surface area contributed by atoms with Crippen molar-refractivity contribution in [2.45, 2.75) is 43.9 Å². The van der Waals surface area contributed by atoms with Crippen LogP contribution in [-0.2, 0) is 39.2 Å². The van der Waals surface area contributed by atoms with Crippen molar-refractivity contribution in [1.82, 2.24) is 14.7 Å². The summed E-state index contributed by atoms with van der Waals surface area (Å²) in [6, 6.07) is 4.26. The van der Waals surface area contributed by atoms with Crippen molar-refractivity contribution in [3.63, 3.8) is 0 Å². The van der Waals surface area contributed by atoms with Gasteiger partial charge in [-0.1, -0.05) is 6.07 Å². The fourth-order valence-corrected chi connectivity index (χ4v) is 4.60. The van der Waals surface area contributed by atoms with E-state index in [-0.39, 0.29) is 11.5 Å². The molecule has 1 N–H and O–H groups in total. The van der Waals surface area contributed by atoms with Crippen molar-refractivity contribution >= 4 is 23.3 Å². The van der Waals surface area contributed by atoms with Gasteiger partial charge in [0, 0.05) is 28.2 Å². The molecule has 30 heavy (non-hydrogen) atoms. The van der Waals surface area contributed by atoms with Crippen LogP contribution >= 0.6 is 0 Å². The Kier molecular flexibility index (Phi) is 5.88. The van der Waals surface area contributed by atoms with Gasteiger partial charge in [-0.3, -0.25) is 14.4 Å². The highest BCUT2D eigenvalue weighted by molar-refractivity contribution is 7.65. The van der Waals surface area contributed by atoms with E-state index in [2.05, 4.69) is 15.3 Å². The lowest BCUT2D eigenvalue weighted by atomic mass is 9.73. The molecule has 2 aliphatic rings. The van der Waals surface area contributed by atoms with E-state index in [1.165, 1.54) is 18.2 Å². The van der Waals surface area contributed by atoms with Gasteiger partial charge < -0.3 is 5.32 Å². The van der Waals surface area contributed by atoms with Crippen LogP contribution in [0.3, 0.4) is 0 Å². The van der Waals surface area contributed by atoms with Crippen LogP contribution in [0.25, 0.3) is 0 Å². The molecule has 10 heteroatoms. The quantitative estimate of drug-likeness (QED) is 0.674. The molecule has 160 valence electrons. The molecule has 1 fully saturated rings. The number of nitrogens with one attached hydrogen (secondary N) is 1. The van der Waals surface area contributed by atoms with E-state index >= 15 is 0 Å². The number of piperidine rings is 1. The Bertz CT molecular complexity index is 944. The minimum absolute atomic E-state index is 0.0919. The summed E-state index contributed by atoms with van der Waals surface area (Å²) in [4.78, 5) is 15.0. The van der Waals surface area contributed by atoms with Gasteiger partial charge >= 0.3 is 11.7 Å². The Hall–Kier alpha value is -2.33. The number of aromatic nitrogens is 2. The van der Waals surface area contributed by atoms with Crippen LogP contribution in [-0.4, -0.2) is 45.9 Å². The fourth-order valence-electron chi connectivity index (χ4n) is 4.34.